The van der Waals surface area contributed by atoms with Crippen LogP contribution in [0.2, 0.25) is 10.2 Å². The highest BCUT2D eigenvalue weighted by Crippen LogP contribution is 2.28. The van der Waals surface area contributed by atoms with E-state index >= 15 is 0 Å². The van der Waals surface area contributed by atoms with Crippen molar-refractivity contribution in [3.8, 4) is 5.75 Å². The molecule has 0 spiro atoms. The van der Waals surface area contributed by atoms with Crippen LogP contribution in [0.4, 0.5) is 0 Å². The molecule has 0 bridgehead atoms. The lowest BCUT2D eigenvalue weighted by molar-refractivity contribution is 0.306. The van der Waals surface area contributed by atoms with E-state index in [2.05, 4.69) is 20.9 Å². The van der Waals surface area contributed by atoms with Crippen LogP contribution >= 0.6 is 39.1 Å². The number of halogens is 3. The van der Waals surface area contributed by atoms with Crippen molar-refractivity contribution in [1.29, 1.82) is 0 Å². The first kappa shape index (κ1) is 12.7. The Kier molecular flexibility index (Phi) is 4.26. The molecule has 2 aromatic rings. The third-order valence-electron chi connectivity index (χ3n) is 2.08. The van der Waals surface area contributed by atoms with Crippen LogP contribution in [0.25, 0.3) is 0 Å². The Morgan fingerprint density at radius 3 is 2.65 bits per heavy atom. The largest absolute Gasteiger partial charge is 0.487 e. The average Bonchev–Trinajstić information content (AvgIpc) is 2.30. The molecule has 88 valence electrons. The smallest absolute Gasteiger partial charge is 0.138 e. The van der Waals surface area contributed by atoms with Gasteiger partial charge in [0.1, 0.15) is 17.5 Å². The van der Waals surface area contributed by atoms with Gasteiger partial charge in [-0.05, 0) is 24.3 Å². The summed E-state index contributed by atoms with van der Waals surface area (Å²) in [5.41, 5.74) is 0.938. The molecule has 1 aromatic carbocycles. The summed E-state index contributed by atoms with van der Waals surface area (Å²) in [6.45, 7) is 0.408. The highest BCUT2D eigenvalue weighted by atomic mass is 79.9. The Bertz CT molecular complexity index is 516. The van der Waals surface area contributed by atoms with Crippen LogP contribution in [0.3, 0.4) is 0 Å². The molecule has 0 unspecified atom stereocenters. The lowest BCUT2D eigenvalue weighted by atomic mass is 10.3. The quantitative estimate of drug-likeness (QED) is 0.758. The predicted octanol–water partition coefficient (Wildman–Crippen LogP) is 4.73. The second kappa shape index (κ2) is 5.71. The van der Waals surface area contributed by atoms with E-state index in [1.54, 1.807) is 18.3 Å². The molecule has 2 nitrogen and oxygen atoms in total. The maximum atomic E-state index is 6.03. The zero-order chi connectivity index (χ0) is 12.3. The highest BCUT2D eigenvalue weighted by molar-refractivity contribution is 9.10. The molecule has 2 rings (SSSR count). The van der Waals surface area contributed by atoms with Crippen LogP contribution in [-0.4, -0.2) is 4.98 Å². The zero-order valence-electron chi connectivity index (χ0n) is 8.66. The van der Waals surface area contributed by atoms with Crippen LogP contribution in [0.15, 0.2) is 41.0 Å². The van der Waals surface area contributed by atoms with Gasteiger partial charge in [-0.25, -0.2) is 4.98 Å². The highest BCUT2D eigenvalue weighted by Gasteiger charge is 2.02. The molecule has 0 amide bonds. The van der Waals surface area contributed by atoms with Gasteiger partial charge in [-0.1, -0.05) is 45.2 Å². The average molecular weight is 333 g/mol. The predicted molar refractivity (Wildman–Crippen MR) is 72.7 cm³/mol. The molecule has 0 radical (unpaired) electrons. The summed E-state index contributed by atoms with van der Waals surface area (Å²) in [5.74, 6) is 0.643. The van der Waals surface area contributed by atoms with E-state index in [-0.39, 0.29) is 0 Å². The molecule has 1 heterocycles. The van der Waals surface area contributed by atoms with Gasteiger partial charge in [0.05, 0.1) is 5.02 Å². The molecule has 17 heavy (non-hydrogen) atoms. The fourth-order valence-corrected chi connectivity index (χ4v) is 2.08. The van der Waals surface area contributed by atoms with E-state index < -0.39 is 0 Å². The standard InChI is InChI=1S/C12H8BrCl2NO/c13-9-2-3-11(10(14)5-9)17-7-8-1-4-12(15)16-6-8/h1-6H,7H2. The van der Waals surface area contributed by atoms with Crippen molar-refractivity contribution in [2.24, 2.45) is 0 Å². The summed E-state index contributed by atoms with van der Waals surface area (Å²) >= 11 is 15.1. The summed E-state index contributed by atoms with van der Waals surface area (Å²) in [4.78, 5) is 3.97. The van der Waals surface area contributed by atoms with Gasteiger partial charge < -0.3 is 4.74 Å². The summed E-state index contributed by atoms with van der Waals surface area (Å²) in [6.07, 6.45) is 1.68. The number of rotatable bonds is 3. The summed E-state index contributed by atoms with van der Waals surface area (Å²) in [5, 5.41) is 1.04. The van der Waals surface area contributed by atoms with E-state index in [1.807, 2.05) is 18.2 Å². The Morgan fingerprint density at radius 2 is 2.00 bits per heavy atom. The van der Waals surface area contributed by atoms with Crippen molar-refractivity contribution in [3.63, 3.8) is 0 Å². The second-order valence-electron chi connectivity index (χ2n) is 3.35. The van der Waals surface area contributed by atoms with Crippen molar-refractivity contribution in [2.45, 2.75) is 6.61 Å². The normalized spacial score (nSPS) is 10.3. The number of nitrogens with zero attached hydrogens (tertiary/aromatic N) is 1. The lowest BCUT2D eigenvalue weighted by Gasteiger charge is -2.08. The molecular formula is C12H8BrCl2NO. The van der Waals surface area contributed by atoms with Crippen LogP contribution in [0.5, 0.6) is 5.75 Å². The molecule has 1 aromatic heterocycles. The minimum Gasteiger partial charge on any atom is -0.487 e. The molecule has 0 saturated heterocycles. The van der Waals surface area contributed by atoms with E-state index in [1.165, 1.54) is 0 Å². The van der Waals surface area contributed by atoms with Gasteiger partial charge in [-0.15, -0.1) is 0 Å². The van der Waals surface area contributed by atoms with Gasteiger partial charge in [0, 0.05) is 16.2 Å². The fraction of sp³-hybridized carbons (Fsp3) is 0.0833. The topological polar surface area (TPSA) is 22.1 Å². The van der Waals surface area contributed by atoms with Gasteiger partial charge in [0.2, 0.25) is 0 Å². The molecular weight excluding hydrogens is 325 g/mol. The van der Waals surface area contributed by atoms with Crippen molar-refractivity contribution < 1.29 is 4.74 Å². The van der Waals surface area contributed by atoms with Gasteiger partial charge in [0.25, 0.3) is 0 Å². The Balaban J connectivity index is 2.04. The third kappa shape index (κ3) is 3.60. The van der Waals surface area contributed by atoms with E-state index in [0.29, 0.717) is 22.5 Å². The molecule has 5 heteroatoms. The van der Waals surface area contributed by atoms with E-state index in [4.69, 9.17) is 27.9 Å². The third-order valence-corrected chi connectivity index (χ3v) is 3.09. The van der Waals surface area contributed by atoms with Gasteiger partial charge >= 0.3 is 0 Å². The monoisotopic (exact) mass is 331 g/mol. The first-order chi connectivity index (χ1) is 8.15. The Labute approximate surface area is 118 Å². The van der Waals surface area contributed by atoms with Crippen LogP contribution in [-0.2, 0) is 6.61 Å². The molecule has 0 aliphatic heterocycles. The Morgan fingerprint density at radius 1 is 1.18 bits per heavy atom. The van der Waals surface area contributed by atoms with Gasteiger partial charge in [-0.2, -0.15) is 0 Å². The maximum absolute atomic E-state index is 6.03. The number of aromatic nitrogens is 1. The van der Waals surface area contributed by atoms with Gasteiger partial charge in [0.15, 0.2) is 0 Å². The molecule has 0 aliphatic carbocycles. The summed E-state index contributed by atoms with van der Waals surface area (Å²) in [6, 6.07) is 9.07. The molecule has 0 fully saturated rings. The molecule has 0 N–H and O–H groups in total. The van der Waals surface area contributed by atoms with Crippen molar-refractivity contribution in [3.05, 3.63) is 56.7 Å². The number of pyridine rings is 1. The molecule has 0 saturated carbocycles. The summed E-state index contributed by atoms with van der Waals surface area (Å²) in [7, 11) is 0. The minimum atomic E-state index is 0.408. The van der Waals surface area contributed by atoms with E-state index in [0.717, 1.165) is 10.0 Å². The number of hydrogen-bond donors (Lipinski definition) is 0. The Hall–Kier alpha value is -0.770. The zero-order valence-corrected chi connectivity index (χ0v) is 11.8. The van der Waals surface area contributed by atoms with Crippen molar-refractivity contribution in [2.75, 3.05) is 0 Å². The van der Waals surface area contributed by atoms with Crippen LogP contribution in [0.1, 0.15) is 5.56 Å². The number of ether oxygens (including phenoxy) is 1. The van der Waals surface area contributed by atoms with Crippen molar-refractivity contribution in [1.82, 2.24) is 4.98 Å². The van der Waals surface area contributed by atoms with E-state index in [9.17, 15) is 0 Å². The maximum Gasteiger partial charge on any atom is 0.138 e. The number of hydrogen-bond acceptors (Lipinski definition) is 2. The first-order valence-electron chi connectivity index (χ1n) is 4.83. The van der Waals surface area contributed by atoms with Crippen LogP contribution < -0.4 is 4.74 Å². The lowest BCUT2D eigenvalue weighted by Crippen LogP contribution is -1.96. The van der Waals surface area contributed by atoms with Crippen LogP contribution in [0, 0.1) is 0 Å². The first-order valence-corrected chi connectivity index (χ1v) is 6.38. The second-order valence-corrected chi connectivity index (χ2v) is 5.06. The molecule has 0 aliphatic rings. The summed E-state index contributed by atoms with van der Waals surface area (Å²) < 4.78 is 6.50. The molecule has 0 atom stereocenters. The SMILES string of the molecule is Clc1ccc(COc2ccc(Br)cc2Cl)cn1. The minimum absolute atomic E-state index is 0.408. The van der Waals surface area contributed by atoms with Crippen molar-refractivity contribution >= 4 is 39.1 Å². The fourth-order valence-electron chi connectivity index (χ4n) is 1.25. The number of benzene rings is 1. The van der Waals surface area contributed by atoms with Gasteiger partial charge in [-0.3, -0.25) is 0 Å².